The molecule has 0 aliphatic carbocycles. The van der Waals surface area contributed by atoms with Crippen LogP contribution in [0.4, 0.5) is 0 Å². The zero-order valence-electron chi connectivity index (χ0n) is 6.35. The molecule has 0 nitrogen and oxygen atoms in total. The molecule has 10 heavy (non-hydrogen) atoms. The van der Waals surface area contributed by atoms with Crippen LogP contribution in [-0.4, -0.2) is 0 Å². The van der Waals surface area contributed by atoms with Crippen LogP contribution in [-0.2, 0) is 12.8 Å². The molecule has 1 rings (SSSR count). The van der Waals surface area contributed by atoms with Gasteiger partial charge in [-0.15, -0.1) is 11.3 Å². The van der Waals surface area contributed by atoms with Crippen molar-refractivity contribution in [3.63, 3.8) is 0 Å². The summed E-state index contributed by atoms with van der Waals surface area (Å²) in [6, 6.07) is 0. The maximum Gasteiger partial charge on any atom is 0.0414 e. The van der Waals surface area contributed by atoms with Crippen LogP contribution in [0.2, 0.25) is 0 Å². The first-order valence-electron chi connectivity index (χ1n) is 3.57. The lowest BCUT2D eigenvalue weighted by atomic mass is 10.1. The third-order valence-corrected chi connectivity index (χ3v) is 3.15. The molecule has 0 atom stereocenters. The SMILES string of the molecule is CCc1csc([P])c1CC. The summed E-state index contributed by atoms with van der Waals surface area (Å²) in [6.45, 7) is 4.37. The van der Waals surface area contributed by atoms with Crippen LogP contribution < -0.4 is 4.62 Å². The van der Waals surface area contributed by atoms with E-state index >= 15 is 0 Å². The number of rotatable bonds is 2. The second-order valence-electron chi connectivity index (χ2n) is 2.25. The summed E-state index contributed by atoms with van der Waals surface area (Å²) in [5.41, 5.74) is 2.91. The first-order chi connectivity index (χ1) is 4.79. The van der Waals surface area contributed by atoms with Gasteiger partial charge in [0.15, 0.2) is 0 Å². The van der Waals surface area contributed by atoms with Crippen LogP contribution in [0.25, 0.3) is 0 Å². The van der Waals surface area contributed by atoms with E-state index in [0.717, 1.165) is 12.8 Å². The molecule has 54 valence electrons. The fraction of sp³-hybridized carbons (Fsp3) is 0.500. The van der Waals surface area contributed by atoms with Crippen molar-refractivity contribution < 1.29 is 0 Å². The van der Waals surface area contributed by atoms with Gasteiger partial charge < -0.3 is 0 Å². The van der Waals surface area contributed by atoms with E-state index in [1.807, 2.05) is 0 Å². The van der Waals surface area contributed by atoms with E-state index in [9.17, 15) is 0 Å². The van der Waals surface area contributed by atoms with Crippen LogP contribution in [0, 0.1) is 0 Å². The summed E-state index contributed by atoms with van der Waals surface area (Å²) < 4.78 is 1.19. The second kappa shape index (κ2) is 3.50. The lowest BCUT2D eigenvalue weighted by Gasteiger charge is -1.96. The average molecular weight is 170 g/mol. The molecule has 0 saturated heterocycles. The Labute approximate surface area is 68.9 Å². The predicted molar refractivity (Wildman–Crippen MR) is 49.6 cm³/mol. The second-order valence-corrected chi connectivity index (χ2v) is 3.88. The van der Waals surface area contributed by atoms with Crippen molar-refractivity contribution in [1.82, 2.24) is 0 Å². The zero-order chi connectivity index (χ0) is 7.56. The molecule has 0 saturated carbocycles. The number of hydrogen-bond acceptors (Lipinski definition) is 1. The van der Waals surface area contributed by atoms with Gasteiger partial charge in [0.05, 0.1) is 0 Å². The molecule has 0 aliphatic heterocycles. The normalized spacial score (nSPS) is 10.3. The van der Waals surface area contributed by atoms with Crippen molar-refractivity contribution in [2.24, 2.45) is 0 Å². The Morgan fingerprint density at radius 2 is 2.10 bits per heavy atom. The molecular formula is C8H11PS. The molecule has 0 spiro atoms. The van der Waals surface area contributed by atoms with E-state index in [2.05, 4.69) is 28.5 Å². The van der Waals surface area contributed by atoms with Gasteiger partial charge in [-0.3, -0.25) is 0 Å². The van der Waals surface area contributed by atoms with E-state index in [1.54, 1.807) is 11.3 Å². The number of hydrogen-bond donors (Lipinski definition) is 0. The zero-order valence-corrected chi connectivity index (χ0v) is 8.06. The minimum absolute atomic E-state index is 1.12. The van der Waals surface area contributed by atoms with Gasteiger partial charge in [0.25, 0.3) is 0 Å². The Morgan fingerprint density at radius 3 is 2.50 bits per heavy atom. The number of thiophene rings is 1. The van der Waals surface area contributed by atoms with Crippen LogP contribution in [0.1, 0.15) is 25.0 Å². The minimum atomic E-state index is 1.12. The molecule has 0 bridgehead atoms. The Hall–Kier alpha value is 0.130. The lowest BCUT2D eigenvalue weighted by molar-refractivity contribution is 1.06. The summed E-state index contributed by atoms with van der Waals surface area (Å²) in [5, 5.41) is 2.21. The fourth-order valence-electron chi connectivity index (χ4n) is 1.08. The summed E-state index contributed by atoms with van der Waals surface area (Å²) in [5.74, 6) is 0. The van der Waals surface area contributed by atoms with E-state index in [-0.39, 0.29) is 0 Å². The van der Waals surface area contributed by atoms with Crippen molar-refractivity contribution in [2.45, 2.75) is 26.7 Å². The molecule has 0 unspecified atom stereocenters. The van der Waals surface area contributed by atoms with Crippen LogP contribution in [0.3, 0.4) is 0 Å². The molecule has 1 heterocycles. The highest BCUT2D eigenvalue weighted by Gasteiger charge is 2.03. The van der Waals surface area contributed by atoms with E-state index in [0.29, 0.717) is 0 Å². The maximum atomic E-state index is 4.37. The largest absolute Gasteiger partial charge is 0.143 e. The highest BCUT2D eigenvalue weighted by Crippen LogP contribution is 2.16. The van der Waals surface area contributed by atoms with E-state index < -0.39 is 0 Å². The third kappa shape index (κ3) is 1.41. The first kappa shape index (κ1) is 8.23. The molecular weight excluding hydrogens is 159 g/mol. The first-order valence-corrected chi connectivity index (χ1v) is 4.90. The molecule has 2 radical (unpaired) electrons. The van der Waals surface area contributed by atoms with Gasteiger partial charge in [-0.05, 0) is 29.3 Å². The van der Waals surface area contributed by atoms with Crippen molar-refractivity contribution >= 4 is 25.2 Å². The monoisotopic (exact) mass is 170 g/mol. The molecule has 2 heteroatoms. The van der Waals surface area contributed by atoms with Gasteiger partial charge in [-0.1, -0.05) is 13.8 Å². The smallest absolute Gasteiger partial charge is 0.0414 e. The Morgan fingerprint density at radius 1 is 1.40 bits per heavy atom. The third-order valence-electron chi connectivity index (χ3n) is 1.69. The standard InChI is InChI=1S/C8H11PS/c1-3-6-5-10-8(9)7(6)4-2/h5H,3-4H2,1-2H3. The average Bonchev–Trinajstić information content (AvgIpc) is 2.30. The summed E-state index contributed by atoms with van der Waals surface area (Å²) in [6.07, 6.45) is 2.26. The minimum Gasteiger partial charge on any atom is -0.143 e. The molecule has 0 amide bonds. The predicted octanol–water partition coefficient (Wildman–Crippen LogP) is 2.91. The Balaban J connectivity index is 3.01. The summed E-state index contributed by atoms with van der Waals surface area (Å²) >= 11 is 1.74. The van der Waals surface area contributed by atoms with Crippen molar-refractivity contribution in [3.8, 4) is 0 Å². The van der Waals surface area contributed by atoms with Gasteiger partial charge in [-0.25, -0.2) is 0 Å². The highest BCUT2D eigenvalue weighted by molar-refractivity contribution is 7.43. The lowest BCUT2D eigenvalue weighted by Crippen LogP contribution is -1.94. The Kier molecular flexibility index (Phi) is 2.88. The van der Waals surface area contributed by atoms with Crippen LogP contribution in [0.15, 0.2) is 5.38 Å². The quantitative estimate of drug-likeness (QED) is 0.599. The van der Waals surface area contributed by atoms with Crippen molar-refractivity contribution in [3.05, 3.63) is 16.5 Å². The van der Waals surface area contributed by atoms with E-state index in [1.165, 1.54) is 15.7 Å². The molecule has 0 N–H and O–H groups in total. The molecule has 0 aromatic carbocycles. The molecule has 1 aromatic rings. The van der Waals surface area contributed by atoms with Crippen molar-refractivity contribution in [1.29, 1.82) is 0 Å². The van der Waals surface area contributed by atoms with Crippen LogP contribution >= 0.6 is 20.6 Å². The Bertz CT molecular complexity index is 215. The molecule has 0 fully saturated rings. The highest BCUT2D eigenvalue weighted by atomic mass is 32.1. The fourth-order valence-corrected chi connectivity index (χ4v) is 2.52. The molecule has 0 aliphatic rings. The van der Waals surface area contributed by atoms with Crippen molar-refractivity contribution in [2.75, 3.05) is 0 Å². The maximum absolute atomic E-state index is 4.37. The summed E-state index contributed by atoms with van der Waals surface area (Å²) in [4.78, 5) is 0. The van der Waals surface area contributed by atoms with Gasteiger partial charge in [-0.2, -0.15) is 0 Å². The van der Waals surface area contributed by atoms with Crippen LogP contribution in [0.5, 0.6) is 0 Å². The number of aryl methyl sites for hydroxylation is 1. The topological polar surface area (TPSA) is 0 Å². The van der Waals surface area contributed by atoms with E-state index in [4.69, 9.17) is 0 Å². The van der Waals surface area contributed by atoms with Gasteiger partial charge in [0.2, 0.25) is 0 Å². The summed E-state index contributed by atoms with van der Waals surface area (Å²) in [7, 11) is 4.37. The van der Waals surface area contributed by atoms with Gasteiger partial charge in [0.1, 0.15) is 0 Å². The van der Waals surface area contributed by atoms with Gasteiger partial charge in [0, 0.05) is 13.9 Å². The van der Waals surface area contributed by atoms with Gasteiger partial charge >= 0.3 is 0 Å². The molecule has 1 aromatic heterocycles.